The Balaban J connectivity index is 1.37. The number of alkyl halides is 3. The third-order valence-electron chi connectivity index (χ3n) is 7.92. The number of hydrogen-bond acceptors (Lipinski definition) is 10. The number of amides is 4. The molecule has 1 saturated heterocycles. The molecule has 1 aliphatic rings. The van der Waals surface area contributed by atoms with Gasteiger partial charge in [0.05, 0.1) is 10.5 Å². The lowest BCUT2D eigenvalue weighted by atomic mass is 10.1. The molecule has 1 aliphatic heterocycles. The SMILES string of the molecule is CC(C)(C)OC(=O)NCCC(NC(=O)OC(C)(C)C)C(=O)Nc1cccc(C(=O)Nc2ccc(S(=O)(=O)N3CCN(c4cc(C(F)(F)F)cc(Cl)n4)CC3)cc2)c1. The van der Waals surface area contributed by atoms with Crippen molar-refractivity contribution in [2.45, 2.75) is 76.3 Å². The van der Waals surface area contributed by atoms with Gasteiger partial charge in [-0.15, -0.1) is 0 Å². The highest BCUT2D eigenvalue weighted by molar-refractivity contribution is 7.89. The van der Waals surface area contributed by atoms with Crippen molar-refractivity contribution in [3.05, 3.63) is 76.9 Å². The molecule has 20 heteroatoms. The summed E-state index contributed by atoms with van der Waals surface area (Å²) in [6.07, 6.45) is -6.21. The number of ether oxygens (including phenoxy) is 2. The predicted molar refractivity (Wildman–Crippen MR) is 207 cm³/mol. The standard InChI is InChI=1S/C37H45ClF3N7O8S/c1-35(2,3)55-33(51)42-15-14-28(45-34(52)56-36(4,5)6)32(50)44-26-9-7-8-23(20-26)31(49)43-25-10-12-27(13-11-25)57(53,54)48-18-16-47(17-19-48)30-22-24(37(39,40)41)21-29(38)46-30/h7-13,20-22,28H,14-19H2,1-6H3,(H,42,51)(H,43,49)(H,44,50)(H,45,52). The predicted octanol–water partition coefficient (Wildman–Crippen LogP) is 6.26. The highest BCUT2D eigenvalue weighted by Crippen LogP contribution is 2.33. The molecule has 1 unspecified atom stereocenters. The number of nitrogens with zero attached hydrogens (tertiary/aromatic N) is 3. The number of pyridine rings is 1. The van der Waals surface area contributed by atoms with Gasteiger partial charge in [0.25, 0.3) is 5.91 Å². The fraction of sp³-hybridized carbons (Fsp3) is 0.432. The Labute approximate surface area is 333 Å². The maximum absolute atomic E-state index is 13.4. The first-order valence-corrected chi connectivity index (χ1v) is 19.5. The van der Waals surface area contributed by atoms with Crippen molar-refractivity contribution in [3.8, 4) is 0 Å². The van der Waals surface area contributed by atoms with E-state index in [0.29, 0.717) is 0 Å². The van der Waals surface area contributed by atoms with Crippen molar-refractivity contribution < 1.29 is 50.2 Å². The summed E-state index contributed by atoms with van der Waals surface area (Å²) in [5, 5.41) is 10.1. The van der Waals surface area contributed by atoms with E-state index in [1.54, 1.807) is 41.5 Å². The molecule has 1 fully saturated rings. The maximum Gasteiger partial charge on any atom is 0.416 e. The van der Waals surface area contributed by atoms with Gasteiger partial charge in [-0.25, -0.2) is 23.0 Å². The normalized spacial score (nSPS) is 14.6. The molecule has 1 atom stereocenters. The van der Waals surface area contributed by atoms with Gasteiger partial charge in [-0.05, 0) is 103 Å². The van der Waals surface area contributed by atoms with Gasteiger partial charge in [-0.2, -0.15) is 17.5 Å². The van der Waals surface area contributed by atoms with E-state index in [0.717, 1.165) is 12.1 Å². The molecule has 0 spiro atoms. The minimum absolute atomic E-state index is 0.0102. The molecule has 2 aromatic carbocycles. The summed E-state index contributed by atoms with van der Waals surface area (Å²) in [7, 11) is -4.00. The summed E-state index contributed by atoms with van der Waals surface area (Å²) in [6, 6.07) is 11.8. The number of sulfonamides is 1. The van der Waals surface area contributed by atoms with Crippen LogP contribution in [0.15, 0.2) is 65.6 Å². The number of hydrogen-bond donors (Lipinski definition) is 4. The molecule has 3 aromatic rings. The number of nitrogens with one attached hydrogen (secondary N) is 4. The van der Waals surface area contributed by atoms with E-state index < -0.39 is 63.0 Å². The van der Waals surface area contributed by atoms with E-state index in [9.17, 15) is 40.8 Å². The van der Waals surface area contributed by atoms with Crippen LogP contribution in [0.1, 0.15) is 63.9 Å². The van der Waals surface area contributed by atoms with Gasteiger partial charge >= 0.3 is 18.4 Å². The van der Waals surface area contributed by atoms with Gasteiger partial charge in [0, 0.05) is 49.7 Å². The van der Waals surface area contributed by atoms with E-state index in [-0.39, 0.29) is 71.9 Å². The van der Waals surface area contributed by atoms with Crippen LogP contribution in [0.2, 0.25) is 5.15 Å². The number of piperazine rings is 1. The molecule has 57 heavy (non-hydrogen) atoms. The molecule has 1 aromatic heterocycles. The molecule has 15 nitrogen and oxygen atoms in total. The quantitative estimate of drug-likeness (QED) is 0.161. The van der Waals surface area contributed by atoms with Crippen LogP contribution in [0.25, 0.3) is 0 Å². The second kappa shape index (κ2) is 18.0. The summed E-state index contributed by atoms with van der Waals surface area (Å²) >= 11 is 5.82. The minimum atomic E-state index is -4.63. The van der Waals surface area contributed by atoms with Gasteiger partial charge < -0.3 is 35.6 Å². The molecule has 0 aliphatic carbocycles. The maximum atomic E-state index is 13.4. The first-order chi connectivity index (χ1) is 26.4. The van der Waals surface area contributed by atoms with E-state index >= 15 is 0 Å². The van der Waals surface area contributed by atoms with Crippen LogP contribution in [0.3, 0.4) is 0 Å². The van der Waals surface area contributed by atoms with E-state index in [2.05, 4.69) is 26.3 Å². The number of carbonyl (C=O) groups excluding carboxylic acids is 4. The van der Waals surface area contributed by atoms with Crippen molar-refractivity contribution in [2.75, 3.05) is 48.3 Å². The smallest absolute Gasteiger partial charge is 0.416 e. The number of alkyl carbamates (subject to hydrolysis) is 2. The largest absolute Gasteiger partial charge is 0.444 e. The van der Waals surface area contributed by atoms with Crippen LogP contribution in [0.5, 0.6) is 0 Å². The second-order valence-electron chi connectivity index (χ2n) is 14.9. The number of benzene rings is 2. The van der Waals surface area contributed by atoms with Crippen LogP contribution in [-0.4, -0.2) is 91.7 Å². The van der Waals surface area contributed by atoms with Crippen LogP contribution < -0.4 is 26.2 Å². The number of rotatable bonds is 11. The minimum Gasteiger partial charge on any atom is -0.444 e. The topological polar surface area (TPSA) is 188 Å². The van der Waals surface area contributed by atoms with Gasteiger partial charge in [0.1, 0.15) is 28.2 Å². The Bertz CT molecular complexity index is 2050. The van der Waals surface area contributed by atoms with Gasteiger partial charge in [-0.1, -0.05) is 17.7 Å². The lowest BCUT2D eigenvalue weighted by Gasteiger charge is -2.35. The molecule has 0 bridgehead atoms. The van der Waals surface area contributed by atoms with E-state index in [4.69, 9.17) is 21.1 Å². The Kier molecular flexibility index (Phi) is 14.1. The molecule has 0 radical (unpaired) electrons. The molecule has 4 N–H and O–H groups in total. The lowest BCUT2D eigenvalue weighted by Crippen LogP contribution is -2.49. The number of aromatic nitrogens is 1. The third kappa shape index (κ3) is 13.5. The highest BCUT2D eigenvalue weighted by Gasteiger charge is 2.34. The zero-order valence-corrected chi connectivity index (χ0v) is 33.7. The van der Waals surface area contributed by atoms with Crippen molar-refractivity contribution in [3.63, 3.8) is 0 Å². The molecule has 4 rings (SSSR count). The number of carbonyl (C=O) groups is 4. The van der Waals surface area contributed by atoms with E-state index in [1.165, 1.54) is 57.7 Å². The van der Waals surface area contributed by atoms with Crippen molar-refractivity contribution in [1.29, 1.82) is 0 Å². The monoisotopic (exact) mass is 839 g/mol. The Morgan fingerprint density at radius 1 is 0.825 bits per heavy atom. The summed E-state index contributed by atoms with van der Waals surface area (Å²) < 4.78 is 78.4. The lowest BCUT2D eigenvalue weighted by molar-refractivity contribution is -0.137. The summed E-state index contributed by atoms with van der Waals surface area (Å²) in [5.74, 6) is -1.24. The first-order valence-electron chi connectivity index (χ1n) is 17.7. The summed E-state index contributed by atoms with van der Waals surface area (Å²) in [5.41, 5.74) is -1.92. The van der Waals surface area contributed by atoms with Gasteiger partial charge in [-0.3, -0.25) is 9.59 Å². The van der Waals surface area contributed by atoms with Crippen molar-refractivity contribution >= 4 is 62.8 Å². The van der Waals surface area contributed by atoms with Gasteiger partial charge in [0.15, 0.2) is 0 Å². The molecular formula is C37H45ClF3N7O8S. The molecule has 310 valence electrons. The van der Waals surface area contributed by atoms with Crippen LogP contribution in [0.4, 0.5) is 40.0 Å². The Morgan fingerprint density at radius 3 is 2.04 bits per heavy atom. The fourth-order valence-electron chi connectivity index (χ4n) is 5.35. The average Bonchev–Trinajstić information content (AvgIpc) is 3.09. The highest BCUT2D eigenvalue weighted by atomic mass is 35.5. The molecule has 0 saturated carbocycles. The zero-order valence-electron chi connectivity index (χ0n) is 32.1. The van der Waals surface area contributed by atoms with E-state index in [1.807, 2.05) is 0 Å². The Hall–Kier alpha value is -5.14. The van der Waals surface area contributed by atoms with Crippen molar-refractivity contribution in [2.24, 2.45) is 0 Å². The average molecular weight is 840 g/mol. The van der Waals surface area contributed by atoms with Crippen LogP contribution in [-0.2, 0) is 30.5 Å². The molecule has 4 amide bonds. The Morgan fingerprint density at radius 2 is 1.44 bits per heavy atom. The third-order valence-corrected chi connectivity index (χ3v) is 10.0. The van der Waals surface area contributed by atoms with Crippen molar-refractivity contribution in [1.82, 2.24) is 19.9 Å². The second-order valence-corrected chi connectivity index (χ2v) is 17.2. The number of halogens is 4. The molecular weight excluding hydrogens is 795 g/mol. The van der Waals surface area contributed by atoms with Crippen LogP contribution >= 0.6 is 11.6 Å². The molecule has 2 heterocycles. The van der Waals surface area contributed by atoms with Crippen LogP contribution in [0, 0.1) is 0 Å². The van der Waals surface area contributed by atoms with Gasteiger partial charge in [0.2, 0.25) is 15.9 Å². The fourth-order valence-corrected chi connectivity index (χ4v) is 6.97. The number of anilines is 3. The summed E-state index contributed by atoms with van der Waals surface area (Å²) in [4.78, 5) is 56.6. The zero-order chi connectivity index (χ0) is 42.3. The summed E-state index contributed by atoms with van der Waals surface area (Å²) in [6.45, 7) is 10.1. The first kappa shape index (κ1) is 44.6.